The summed E-state index contributed by atoms with van der Waals surface area (Å²) in [5.41, 5.74) is 0. The SMILES string of the molecule is Cc1cc(NC(=O)C2CCN(S(=O)(=O)c3ccc(OC(F)(F)F)cc3)CC2)no1. The molecular weight excluding hydrogens is 415 g/mol. The van der Waals surface area contributed by atoms with E-state index in [9.17, 15) is 26.4 Å². The zero-order valence-electron chi connectivity index (χ0n) is 15.3. The van der Waals surface area contributed by atoms with Crippen molar-refractivity contribution in [2.24, 2.45) is 5.92 Å². The van der Waals surface area contributed by atoms with Crippen molar-refractivity contribution in [1.82, 2.24) is 9.46 Å². The number of benzene rings is 1. The van der Waals surface area contributed by atoms with Crippen molar-refractivity contribution in [1.29, 1.82) is 0 Å². The highest BCUT2D eigenvalue weighted by Crippen LogP contribution is 2.28. The second-order valence-corrected chi connectivity index (χ2v) is 8.45. The van der Waals surface area contributed by atoms with Crippen LogP contribution in [0.5, 0.6) is 5.75 Å². The third-order valence-electron chi connectivity index (χ3n) is 4.40. The predicted molar refractivity (Wildman–Crippen MR) is 94.5 cm³/mol. The number of carbonyl (C=O) groups is 1. The van der Waals surface area contributed by atoms with Crippen LogP contribution >= 0.6 is 0 Å². The van der Waals surface area contributed by atoms with E-state index in [1.807, 2.05) is 0 Å². The fourth-order valence-electron chi connectivity index (χ4n) is 2.97. The van der Waals surface area contributed by atoms with Crippen molar-refractivity contribution < 1.29 is 35.6 Å². The number of rotatable bonds is 5. The molecule has 1 aromatic heterocycles. The van der Waals surface area contributed by atoms with Gasteiger partial charge in [0.1, 0.15) is 11.5 Å². The molecule has 1 aliphatic rings. The average molecular weight is 433 g/mol. The largest absolute Gasteiger partial charge is 0.573 e. The molecule has 1 fully saturated rings. The zero-order chi connectivity index (χ0) is 21.2. The summed E-state index contributed by atoms with van der Waals surface area (Å²) in [5, 5.41) is 6.30. The molecule has 1 N–H and O–H groups in total. The Morgan fingerprint density at radius 1 is 1.24 bits per heavy atom. The number of hydrogen-bond donors (Lipinski definition) is 1. The van der Waals surface area contributed by atoms with Crippen LogP contribution in [0.1, 0.15) is 18.6 Å². The maximum Gasteiger partial charge on any atom is 0.573 e. The maximum absolute atomic E-state index is 12.7. The number of amides is 1. The quantitative estimate of drug-likeness (QED) is 0.778. The Morgan fingerprint density at radius 2 is 1.86 bits per heavy atom. The number of carbonyl (C=O) groups excluding carboxylic acids is 1. The Bertz CT molecular complexity index is 965. The molecule has 3 rings (SSSR count). The van der Waals surface area contributed by atoms with Gasteiger partial charge in [0, 0.05) is 25.1 Å². The standard InChI is InChI=1S/C17H18F3N3O5S/c1-11-10-15(22-28-11)21-16(24)12-6-8-23(9-7-12)29(25,26)14-4-2-13(3-5-14)27-17(18,19)20/h2-5,10,12H,6-9H2,1H3,(H,21,22,24). The first-order valence-electron chi connectivity index (χ1n) is 8.65. The van der Waals surface area contributed by atoms with Gasteiger partial charge in [0.15, 0.2) is 5.82 Å². The first-order chi connectivity index (χ1) is 13.5. The minimum absolute atomic E-state index is 0.110. The van der Waals surface area contributed by atoms with Crippen molar-refractivity contribution >= 4 is 21.7 Å². The van der Waals surface area contributed by atoms with Crippen LogP contribution in [0, 0.1) is 12.8 Å². The summed E-state index contributed by atoms with van der Waals surface area (Å²) >= 11 is 0. The number of anilines is 1. The van der Waals surface area contributed by atoms with Crippen molar-refractivity contribution in [2.75, 3.05) is 18.4 Å². The molecule has 1 saturated heterocycles. The van der Waals surface area contributed by atoms with Gasteiger partial charge in [0.2, 0.25) is 15.9 Å². The lowest BCUT2D eigenvalue weighted by Gasteiger charge is -2.30. The van der Waals surface area contributed by atoms with Gasteiger partial charge in [0.25, 0.3) is 0 Å². The van der Waals surface area contributed by atoms with E-state index in [0.29, 0.717) is 24.4 Å². The van der Waals surface area contributed by atoms with Gasteiger partial charge in [-0.05, 0) is 44.0 Å². The van der Waals surface area contributed by atoms with Gasteiger partial charge in [-0.3, -0.25) is 4.79 Å². The minimum atomic E-state index is -4.85. The van der Waals surface area contributed by atoms with Crippen molar-refractivity contribution in [3.05, 3.63) is 36.1 Å². The molecule has 158 valence electrons. The minimum Gasteiger partial charge on any atom is -0.406 e. The van der Waals surface area contributed by atoms with Crippen LogP contribution in [-0.4, -0.2) is 43.2 Å². The lowest BCUT2D eigenvalue weighted by molar-refractivity contribution is -0.274. The van der Waals surface area contributed by atoms with Crippen LogP contribution in [0.15, 0.2) is 39.8 Å². The summed E-state index contributed by atoms with van der Waals surface area (Å²) in [7, 11) is -3.89. The molecule has 29 heavy (non-hydrogen) atoms. The van der Waals surface area contributed by atoms with Gasteiger partial charge >= 0.3 is 6.36 Å². The molecule has 0 spiro atoms. The molecule has 0 unspecified atom stereocenters. The topological polar surface area (TPSA) is 102 Å². The second kappa shape index (κ2) is 8.03. The van der Waals surface area contributed by atoms with Gasteiger partial charge < -0.3 is 14.6 Å². The number of aromatic nitrogens is 1. The van der Waals surface area contributed by atoms with E-state index in [1.165, 1.54) is 4.31 Å². The van der Waals surface area contributed by atoms with Crippen LogP contribution in [0.3, 0.4) is 0 Å². The molecule has 1 aromatic carbocycles. The molecule has 0 radical (unpaired) electrons. The van der Waals surface area contributed by atoms with Gasteiger partial charge in [-0.25, -0.2) is 8.42 Å². The summed E-state index contributed by atoms with van der Waals surface area (Å²) in [6, 6.07) is 5.58. The summed E-state index contributed by atoms with van der Waals surface area (Å²) < 4.78 is 71.9. The number of aryl methyl sites for hydroxylation is 1. The van der Waals surface area contributed by atoms with Gasteiger partial charge in [0.05, 0.1) is 4.90 Å². The molecule has 0 bridgehead atoms. The molecule has 12 heteroatoms. The number of halogens is 3. The molecule has 0 aliphatic carbocycles. The molecule has 2 heterocycles. The fourth-order valence-corrected chi connectivity index (χ4v) is 4.44. The second-order valence-electron chi connectivity index (χ2n) is 6.51. The van der Waals surface area contributed by atoms with Crippen LogP contribution < -0.4 is 10.1 Å². The Hall–Kier alpha value is -2.60. The Kier molecular flexibility index (Phi) is 5.85. The number of sulfonamides is 1. The third-order valence-corrected chi connectivity index (χ3v) is 6.31. The predicted octanol–water partition coefficient (Wildman–Crippen LogP) is 2.92. The number of nitrogens with zero attached hydrogens (tertiary/aromatic N) is 2. The number of alkyl halides is 3. The highest BCUT2D eigenvalue weighted by Gasteiger charge is 2.33. The zero-order valence-corrected chi connectivity index (χ0v) is 16.1. The van der Waals surface area contributed by atoms with Crippen LogP contribution in [-0.2, 0) is 14.8 Å². The monoisotopic (exact) mass is 433 g/mol. The smallest absolute Gasteiger partial charge is 0.406 e. The average Bonchev–Trinajstić information content (AvgIpc) is 3.05. The molecule has 1 amide bonds. The molecule has 0 saturated carbocycles. The van der Waals surface area contributed by atoms with E-state index >= 15 is 0 Å². The van der Waals surface area contributed by atoms with E-state index in [0.717, 1.165) is 24.3 Å². The van der Waals surface area contributed by atoms with Crippen molar-refractivity contribution in [3.8, 4) is 5.75 Å². The fraction of sp³-hybridized carbons (Fsp3) is 0.412. The Morgan fingerprint density at radius 3 is 2.38 bits per heavy atom. The summed E-state index contributed by atoms with van der Waals surface area (Å²) in [5.74, 6) is -0.323. The van der Waals surface area contributed by atoms with Gasteiger partial charge in [-0.1, -0.05) is 5.16 Å². The van der Waals surface area contributed by atoms with E-state index in [1.54, 1.807) is 13.0 Å². The van der Waals surface area contributed by atoms with E-state index in [-0.39, 0.29) is 29.8 Å². The number of hydrogen-bond acceptors (Lipinski definition) is 6. The molecule has 1 aliphatic heterocycles. The van der Waals surface area contributed by atoms with E-state index in [2.05, 4.69) is 15.2 Å². The summed E-state index contributed by atoms with van der Waals surface area (Å²) in [6.07, 6.45) is -4.25. The number of piperidine rings is 1. The Balaban J connectivity index is 1.59. The van der Waals surface area contributed by atoms with E-state index < -0.39 is 22.1 Å². The van der Waals surface area contributed by atoms with Crippen LogP contribution in [0.4, 0.5) is 19.0 Å². The van der Waals surface area contributed by atoms with Gasteiger partial charge in [-0.15, -0.1) is 13.2 Å². The van der Waals surface area contributed by atoms with Crippen molar-refractivity contribution in [2.45, 2.75) is 31.0 Å². The highest BCUT2D eigenvalue weighted by molar-refractivity contribution is 7.89. The normalized spacial score (nSPS) is 16.6. The van der Waals surface area contributed by atoms with Gasteiger partial charge in [-0.2, -0.15) is 4.31 Å². The van der Waals surface area contributed by atoms with Crippen LogP contribution in [0.25, 0.3) is 0 Å². The molecule has 8 nitrogen and oxygen atoms in total. The molecular formula is C17H18F3N3O5S. The molecule has 2 aromatic rings. The van der Waals surface area contributed by atoms with E-state index in [4.69, 9.17) is 4.52 Å². The first kappa shape index (κ1) is 21.1. The molecule has 0 atom stereocenters. The lowest BCUT2D eigenvalue weighted by atomic mass is 9.97. The number of nitrogens with one attached hydrogen (secondary N) is 1. The first-order valence-corrected chi connectivity index (χ1v) is 10.1. The number of ether oxygens (including phenoxy) is 1. The maximum atomic E-state index is 12.7. The summed E-state index contributed by atoms with van der Waals surface area (Å²) in [6.45, 7) is 1.91. The third kappa shape index (κ3) is 5.26. The van der Waals surface area contributed by atoms with Crippen molar-refractivity contribution in [3.63, 3.8) is 0 Å². The summed E-state index contributed by atoms with van der Waals surface area (Å²) in [4.78, 5) is 12.1. The highest BCUT2D eigenvalue weighted by atomic mass is 32.2. The lowest BCUT2D eigenvalue weighted by Crippen LogP contribution is -2.41. The Labute approximate surface area is 164 Å². The van der Waals surface area contributed by atoms with Crippen LogP contribution in [0.2, 0.25) is 0 Å².